The highest BCUT2D eigenvalue weighted by atomic mass is 19.1. The summed E-state index contributed by atoms with van der Waals surface area (Å²) in [5.74, 6) is 1.73. The maximum absolute atomic E-state index is 11.5. The quantitative estimate of drug-likeness (QED) is 0.565. The lowest BCUT2D eigenvalue weighted by Crippen LogP contribution is -2.19. The summed E-state index contributed by atoms with van der Waals surface area (Å²) in [5.41, 5.74) is 0. The van der Waals surface area contributed by atoms with E-state index in [0.29, 0.717) is 6.54 Å². The Kier molecular flexibility index (Phi) is 2.46. The standard InChI is InChI=1S/C7H14FN/c1-6-4-7(6)5-9-3-2-8/h6-7,9H,2-5H2,1H3. The number of rotatable bonds is 4. The van der Waals surface area contributed by atoms with Gasteiger partial charge in [-0.2, -0.15) is 0 Å². The average Bonchev–Trinajstić information content (AvgIpc) is 2.48. The van der Waals surface area contributed by atoms with Gasteiger partial charge < -0.3 is 5.32 Å². The summed E-state index contributed by atoms with van der Waals surface area (Å²) < 4.78 is 11.5. The van der Waals surface area contributed by atoms with Gasteiger partial charge in [-0.05, 0) is 24.8 Å². The van der Waals surface area contributed by atoms with Crippen LogP contribution < -0.4 is 5.32 Å². The normalized spacial score (nSPS) is 32.7. The van der Waals surface area contributed by atoms with Gasteiger partial charge in [0.25, 0.3) is 0 Å². The molecule has 1 fully saturated rings. The molecule has 1 saturated carbocycles. The Hall–Kier alpha value is -0.110. The van der Waals surface area contributed by atoms with Gasteiger partial charge in [-0.3, -0.25) is 0 Å². The second kappa shape index (κ2) is 3.16. The fourth-order valence-corrected chi connectivity index (χ4v) is 1.04. The summed E-state index contributed by atoms with van der Waals surface area (Å²) in [7, 11) is 0. The van der Waals surface area contributed by atoms with Gasteiger partial charge >= 0.3 is 0 Å². The molecule has 0 radical (unpaired) electrons. The molecule has 0 aromatic rings. The van der Waals surface area contributed by atoms with Crippen LogP contribution in [0.3, 0.4) is 0 Å². The summed E-state index contributed by atoms with van der Waals surface area (Å²) in [4.78, 5) is 0. The van der Waals surface area contributed by atoms with E-state index < -0.39 is 0 Å². The highest BCUT2D eigenvalue weighted by Crippen LogP contribution is 2.36. The number of nitrogens with one attached hydrogen (secondary N) is 1. The van der Waals surface area contributed by atoms with Gasteiger partial charge in [0.15, 0.2) is 0 Å². The highest BCUT2D eigenvalue weighted by molar-refractivity contribution is 4.83. The van der Waals surface area contributed by atoms with E-state index in [1.165, 1.54) is 6.42 Å². The van der Waals surface area contributed by atoms with Crippen LogP contribution in [0.15, 0.2) is 0 Å². The molecule has 1 aliphatic carbocycles. The third-order valence-corrected chi connectivity index (χ3v) is 1.95. The number of alkyl halides is 1. The molecule has 1 rings (SSSR count). The van der Waals surface area contributed by atoms with Crippen LogP contribution in [0.2, 0.25) is 0 Å². The molecule has 1 nitrogen and oxygen atoms in total. The predicted octanol–water partition coefficient (Wildman–Crippen LogP) is 1.20. The zero-order valence-corrected chi connectivity index (χ0v) is 5.86. The Morgan fingerprint density at radius 3 is 2.78 bits per heavy atom. The van der Waals surface area contributed by atoms with Gasteiger partial charge in [-0.15, -0.1) is 0 Å². The van der Waals surface area contributed by atoms with Crippen molar-refractivity contribution in [1.82, 2.24) is 5.32 Å². The van der Waals surface area contributed by atoms with E-state index in [0.717, 1.165) is 18.4 Å². The van der Waals surface area contributed by atoms with Crippen LogP contribution in [0, 0.1) is 11.8 Å². The van der Waals surface area contributed by atoms with Gasteiger partial charge in [0, 0.05) is 6.54 Å². The third-order valence-electron chi connectivity index (χ3n) is 1.95. The first-order valence-electron chi connectivity index (χ1n) is 3.61. The van der Waals surface area contributed by atoms with Crippen LogP contribution in [0.5, 0.6) is 0 Å². The Labute approximate surface area is 55.6 Å². The Balaban J connectivity index is 1.83. The summed E-state index contributed by atoms with van der Waals surface area (Å²) in [5, 5.41) is 3.05. The molecule has 0 aliphatic heterocycles. The number of hydrogen-bond acceptors (Lipinski definition) is 1. The van der Waals surface area contributed by atoms with Crippen molar-refractivity contribution in [2.24, 2.45) is 11.8 Å². The molecule has 0 bridgehead atoms. The fraction of sp³-hybridized carbons (Fsp3) is 1.00. The average molecular weight is 131 g/mol. The lowest BCUT2D eigenvalue weighted by molar-refractivity contribution is 0.460. The first-order chi connectivity index (χ1) is 4.34. The van der Waals surface area contributed by atoms with Crippen LogP contribution in [0.25, 0.3) is 0 Å². The largest absolute Gasteiger partial charge is 0.314 e. The van der Waals surface area contributed by atoms with E-state index in [4.69, 9.17) is 0 Å². The second-order valence-electron chi connectivity index (χ2n) is 2.87. The highest BCUT2D eigenvalue weighted by Gasteiger charge is 2.31. The van der Waals surface area contributed by atoms with E-state index in [-0.39, 0.29) is 6.67 Å². The van der Waals surface area contributed by atoms with E-state index in [2.05, 4.69) is 12.2 Å². The molecule has 0 heterocycles. The van der Waals surface area contributed by atoms with Gasteiger partial charge in [-0.1, -0.05) is 6.92 Å². The molecular formula is C7H14FN. The molecule has 0 aromatic heterocycles. The minimum atomic E-state index is -0.235. The Bertz CT molecular complexity index is 85.0. The van der Waals surface area contributed by atoms with Crippen LogP contribution in [-0.4, -0.2) is 19.8 Å². The van der Waals surface area contributed by atoms with E-state index >= 15 is 0 Å². The fourth-order valence-electron chi connectivity index (χ4n) is 1.04. The maximum atomic E-state index is 11.5. The van der Waals surface area contributed by atoms with Gasteiger partial charge in [0.2, 0.25) is 0 Å². The SMILES string of the molecule is CC1CC1CNCCF. The molecule has 0 spiro atoms. The topological polar surface area (TPSA) is 12.0 Å². The Morgan fingerprint density at radius 2 is 2.33 bits per heavy atom. The van der Waals surface area contributed by atoms with Gasteiger partial charge in [-0.25, -0.2) is 4.39 Å². The van der Waals surface area contributed by atoms with Crippen LogP contribution in [-0.2, 0) is 0 Å². The smallest absolute Gasteiger partial charge is 0.102 e. The third kappa shape index (κ3) is 2.31. The van der Waals surface area contributed by atoms with Gasteiger partial charge in [0.1, 0.15) is 6.67 Å². The monoisotopic (exact) mass is 131 g/mol. The van der Waals surface area contributed by atoms with Crippen molar-refractivity contribution in [2.75, 3.05) is 19.8 Å². The molecule has 0 saturated heterocycles. The predicted molar refractivity (Wildman–Crippen MR) is 36.1 cm³/mol. The van der Waals surface area contributed by atoms with Crippen LogP contribution in [0.1, 0.15) is 13.3 Å². The molecule has 54 valence electrons. The van der Waals surface area contributed by atoms with Crippen molar-refractivity contribution in [1.29, 1.82) is 0 Å². The van der Waals surface area contributed by atoms with Crippen molar-refractivity contribution in [2.45, 2.75) is 13.3 Å². The lowest BCUT2D eigenvalue weighted by Gasteiger charge is -1.97. The first-order valence-corrected chi connectivity index (χ1v) is 3.61. The molecule has 9 heavy (non-hydrogen) atoms. The summed E-state index contributed by atoms with van der Waals surface area (Å²) in [6, 6.07) is 0. The minimum absolute atomic E-state index is 0.235. The zero-order chi connectivity index (χ0) is 6.69. The van der Waals surface area contributed by atoms with Crippen LogP contribution >= 0.6 is 0 Å². The van der Waals surface area contributed by atoms with Gasteiger partial charge in [0.05, 0.1) is 0 Å². The van der Waals surface area contributed by atoms with Crippen molar-refractivity contribution in [3.8, 4) is 0 Å². The van der Waals surface area contributed by atoms with Crippen molar-refractivity contribution >= 4 is 0 Å². The van der Waals surface area contributed by atoms with E-state index in [9.17, 15) is 4.39 Å². The molecule has 1 aliphatic rings. The molecule has 2 atom stereocenters. The lowest BCUT2D eigenvalue weighted by atomic mass is 10.3. The van der Waals surface area contributed by atoms with E-state index in [1.807, 2.05) is 0 Å². The number of halogens is 1. The number of hydrogen-bond donors (Lipinski definition) is 1. The molecule has 0 aromatic carbocycles. The molecular weight excluding hydrogens is 117 g/mol. The first kappa shape index (κ1) is 7.00. The van der Waals surface area contributed by atoms with Crippen LogP contribution in [0.4, 0.5) is 4.39 Å². The molecule has 2 heteroatoms. The summed E-state index contributed by atoms with van der Waals surface area (Å²) in [6.45, 7) is 3.55. The molecule has 2 unspecified atom stereocenters. The zero-order valence-electron chi connectivity index (χ0n) is 5.86. The molecule has 1 N–H and O–H groups in total. The summed E-state index contributed by atoms with van der Waals surface area (Å²) in [6.07, 6.45) is 1.33. The summed E-state index contributed by atoms with van der Waals surface area (Å²) >= 11 is 0. The Morgan fingerprint density at radius 1 is 1.67 bits per heavy atom. The second-order valence-corrected chi connectivity index (χ2v) is 2.87. The van der Waals surface area contributed by atoms with Crippen molar-refractivity contribution in [3.63, 3.8) is 0 Å². The minimum Gasteiger partial charge on any atom is -0.314 e. The van der Waals surface area contributed by atoms with Crippen molar-refractivity contribution < 1.29 is 4.39 Å². The van der Waals surface area contributed by atoms with E-state index in [1.54, 1.807) is 0 Å². The maximum Gasteiger partial charge on any atom is 0.102 e. The molecule has 0 amide bonds. The van der Waals surface area contributed by atoms with Crippen molar-refractivity contribution in [3.05, 3.63) is 0 Å².